The molecule has 4 nitrogen and oxygen atoms in total. The van der Waals surface area contributed by atoms with Gasteiger partial charge in [0.25, 0.3) is 0 Å². The topological polar surface area (TPSA) is 46.1 Å². The van der Waals surface area contributed by atoms with Gasteiger partial charge in [-0.15, -0.1) is 11.3 Å². The molecule has 0 spiro atoms. The first-order valence-electron chi connectivity index (χ1n) is 8.99. The van der Waals surface area contributed by atoms with Gasteiger partial charge in [-0.05, 0) is 37.0 Å². The van der Waals surface area contributed by atoms with Crippen molar-refractivity contribution >= 4 is 17.2 Å². The van der Waals surface area contributed by atoms with Gasteiger partial charge in [-0.3, -0.25) is 9.78 Å². The maximum atomic E-state index is 12.8. The molecule has 1 aliphatic rings. The first-order valence-corrected chi connectivity index (χ1v) is 9.87. The van der Waals surface area contributed by atoms with E-state index in [0.29, 0.717) is 12.5 Å². The molecule has 0 radical (unpaired) electrons. The van der Waals surface area contributed by atoms with Crippen LogP contribution in [0.25, 0.3) is 10.7 Å². The van der Waals surface area contributed by atoms with Crippen molar-refractivity contribution in [2.24, 2.45) is 0 Å². The van der Waals surface area contributed by atoms with Gasteiger partial charge < -0.3 is 4.90 Å². The van der Waals surface area contributed by atoms with Crippen molar-refractivity contribution in [3.8, 4) is 10.7 Å². The molecule has 1 aromatic carbocycles. The van der Waals surface area contributed by atoms with Crippen LogP contribution in [-0.4, -0.2) is 33.4 Å². The number of nitrogens with zero attached hydrogens (tertiary/aromatic N) is 3. The fourth-order valence-corrected chi connectivity index (χ4v) is 4.31. The van der Waals surface area contributed by atoms with Gasteiger partial charge in [-0.2, -0.15) is 0 Å². The number of pyridine rings is 1. The maximum absolute atomic E-state index is 12.8. The quantitative estimate of drug-likeness (QED) is 0.689. The number of hydrogen-bond acceptors (Lipinski definition) is 4. The van der Waals surface area contributed by atoms with Crippen LogP contribution < -0.4 is 0 Å². The molecule has 0 bridgehead atoms. The molecule has 0 aliphatic carbocycles. The zero-order valence-electron chi connectivity index (χ0n) is 14.5. The zero-order valence-corrected chi connectivity index (χ0v) is 15.4. The van der Waals surface area contributed by atoms with Gasteiger partial charge >= 0.3 is 0 Å². The molecule has 26 heavy (non-hydrogen) atoms. The number of amides is 1. The third-order valence-corrected chi connectivity index (χ3v) is 5.69. The van der Waals surface area contributed by atoms with E-state index in [1.54, 1.807) is 17.5 Å². The van der Waals surface area contributed by atoms with Crippen molar-refractivity contribution in [2.75, 3.05) is 6.54 Å². The fourth-order valence-electron chi connectivity index (χ4n) is 3.51. The molecule has 5 heteroatoms. The third kappa shape index (κ3) is 3.83. The van der Waals surface area contributed by atoms with E-state index < -0.39 is 0 Å². The van der Waals surface area contributed by atoms with E-state index in [9.17, 15) is 4.79 Å². The van der Waals surface area contributed by atoms with Gasteiger partial charge in [0.05, 0.1) is 17.8 Å². The Bertz CT molecular complexity index is 863. The average molecular weight is 363 g/mol. The standard InChI is InChI=1S/C21H21N3OS/c25-20(14-17-15-26-21(23-17)19-10-4-5-11-22-19)24-12-6-9-18(24)13-16-7-2-1-3-8-16/h1-5,7-8,10-11,15,18H,6,9,12-14H2. The van der Waals surface area contributed by atoms with Gasteiger partial charge in [-0.25, -0.2) is 4.98 Å². The highest BCUT2D eigenvalue weighted by Crippen LogP contribution is 2.24. The number of rotatable bonds is 5. The number of aromatic nitrogens is 2. The number of carbonyl (C=O) groups is 1. The molecule has 1 saturated heterocycles. The summed E-state index contributed by atoms with van der Waals surface area (Å²) in [6.07, 6.45) is 5.23. The monoisotopic (exact) mass is 363 g/mol. The van der Waals surface area contributed by atoms with E-state index in [4.69, 9.17) is 0 Å². The minimum Gasteiger partial charge on any atom is -0.339 e. The molecular weight excluding hydrogens is 342 g/mol. The predicted octanol–water partition coefficient (Wildman–Crippen LogP) is 3.98. The van der Waals surface area contributed by atoms with Gasteiger partial charge in [0, 0.05) is 24.2 Å². The van der Waals surface area contributed by atoms with Crippen LogP contribution in [0, 0.1) is 0 Å². The Kier molecular flexibility index (Phi) is 5.07. The first kappa shape index (κ1) is 16.9. The lowest BCUT2D eigenvalue weighted by Gasteiger charge is -2.24. The molecule has 3 heterocycles. The molecule has 4 rings (SSSR count). The lowest BCUT2D eigenvalue weighted by atomic mass is 10.0. The van der Waals surface area contributed by atoms with Gasteiger partial charge in [-0.1, -0.05) is 36.4 Å². The van der Waals surface area contributed by atoms with E-state index in [2.05, 4.69) is 34.2 Å². The predicted molar refractivity (Wildman–Crippen MR) is 104 cm³/mol. The highest BCUT2D eigenvalue weighted by molar-refractivity contribution is 7.13. The van der Waals surface area contributed by atoms with Crippen LogP contribution in [-0.2, 0) is 17.6 Å². The molecule has 132 valence electrons. The SMILES string of the molecule is O=C(Cc1csc(-c2ccccn2)n1)N1CCCC1Cc1ccccc1. The minimum atomic E-state index is 0.182. The summed E-state index contributed by atoms with van der Waals surface area (Å²) in [6, 6.07) is 16.5. The van der Waals surface area contributed by atoms with Crippen molar-refractivity contribution in [3.05, 3.63) is 71.4 Å². The number of likely N-dealkylation sites (tertiary alicyclic amines) is 1. The Hall–Kier alpha value is -2.53. The van der Waals surface area contributed by atoms with Crippen LogP contribution >= 0.6 is 11.3 Å². The fraction of sp³-hybridized carbons (Fsp3) is 0.286. The Morgan fingerprint density at radius 2 is 2.00 bits per heavy atom. The second-order valence-corrected chi connectivity index (χ2v) is 7.47. The summed E-state index contributed by atoms with van der Waals surface area (Å²) in [6.45, 7) is 0.855. The molecule has 1 atom stereocenters. The smallest absolute Gasteiger partial charge is 0.228 e. The van der Waals surface area contributed by atoms with Crippen molar-refractivity contribution in [1.29, 1.82) is 0 Å². The third-order valence-electron chi connectivity index (χ3n) is 4.78. The second-order valence-electron chi connectivity index (χ2n) is 6.61. The average Bonchev–Trinajstić information content (AvgIpc) is 3.33. The minimum absolute atomic E-state index is 0.182. The highest BCUT2D eigenvalue weighted by Gasteiger charge is 2.29. The molecule has 0 saturated carbocycles. The molecule has 1 aliphatic heterocycles. The Balaban J connectivity index is 1.42. The Morgan fingerprint density at radius 3 is 2.81 bits per heavy atom. The normalized spacial score (nSPS) is 16.8. The van der Waals surface area contributed by atoms with Gasteiger partial charge in [0.15, 0.2) is 0 Å². The van der Waals surface area contributed by atoms with Crippen molar-refractivity contribution in [2.45, 2.75) is 31.7 Å². The van der Waals surface area contributed by atoms with E-state index in [0.717, 1.165) is 42.2 Å². The van der Waals surface area contributed by atoms with Gasteiger partial charge in [0.2, 0.25) is 5.91 Å². The molecule has 3 aromatic rings. The highest BCUT2D eigenvalue weighted by atomic mass is 32.1. The lowest BCUT2D eigenvalue weighted by molar-refractivity contribution is -0.131. The summed E-state index contributed by atoms with van der Waals surface area (Å²) in [7, 11) is 0. The molecule has 1 unspecified atom stereocenters. The summed E-state index contributed by atoms with van der Waals surface area (Å²) < 4.78 is 0. The van der Waals surface area contributed by atoms with Crippen LogP contribution in [0.1, 0.15) is 24.1 Å². The Morgan fingerprint density at radius 1 is 1.15 bits per heavy atom. The van der Waals surface area contributed by atoms with Crippen LogP contribution in [0.5, 0.6) is 0 Å². The van der Waals surface area contributed by atoms with Crippen LogP contribution in [0.4, 0.5) is 0 Å². The summed E-state index contributed by atoms with van der Waals surface area (Å²) in [5, 5.41) is 2.85. The zero-order chi connectivity index (χ0) is 17.8. The molecule has 0 N–H and O–H groups in total. The van der Waals surface area contributed by atoms with E-state index in [-0.39, 0.29) is 5.91 Å². The number of hydrogen-bond donors (Lipinski definition) is 0. The molecular formula is C21H21N3OS. The van der Waals surface area contributed by atoms with Crippen molar-refractivity contribution in [1.82, 2.24) is 14.9 Å². The van der Waals surface area contributed by atoms with Crippen LogP contribution in [0.2, 0.25) is 0 Å². The summed E-state index contributed by atoms with van der Waals surface area (Å²) in [5.74, 6) is 0.182. The van der Waals surface area contributed by atoms with E-state index in [1.807, 2.05) is 34.5 Å². The number of thiazole rings is 1. The van der Waals surface area contributed by atoms with E-state index >= 15 is 0 Å². The van der Waals surface area contributed by atoms with Crippen LogP contribution in [0.3, 0.4) is 0 Å². The van der Waals surface area contributed by atoms with Crippen LogP contribution in [0.15, 0.2) is 60.1 Å². The van der Waals surface area contributed by atoms with E-state index in [1.165, 1.54) is 5.56 Å². The summed E-state index contributed by atoms with van der Waals surface area (Å²) in [5.41, 5.74) is 2.99. The number of benzene rings is 1. The van der Waals surface area contributed by atoms with Crippen molar-refractivity contribution in [3.63, 3.8) is 0 Å². The van der Waals surface area contributed by atoms with Gasteiger partial charge in [0.1, 0.15) is 5.01 Å². The lowest BCUT2D eigenvalue weighted by Crippen LogP contribution is -2.37. The Labute approximate surface area is 157 Å². The molecule has 2 aromatic heterocycles. The molecule has 1 fully saturated rings. The van der Waals surface area contributed by atoms with Crippen molar-refractivity contribution < 1.29 is 4.79 Å². The number of carbonyl (C=O) groups excluding carboxylic acids is 1. The second kappa shape index (κ2) is 7.79. The summed E-state index contributed by atoms with van der Waals surface area (Å²) in [4.78, 5) is 23.8. The largest absolute Gasteiger partial charge is 0.339 e. The maximum Gasteiger partial charge on any atom is 0.228 e. The molecule has 1 amide bonds. The summed E-state index contributed by atoms with van der Waals surface area (Å²) >= 11 is 1.55. The first-order chi connectivity index (χ1) is 12.8.